The van der Waals surface area contributed by atoms with E-state index in [0.29, 0.717) is 45.6 Å². The van der Waals surface area contributed by atoms with Gasteiger partial charge in [-0.15, -0.1) is 13.2 Å². The highest BCUT2D eigenvalue weighted by molar-refractivity contribution is 7.99. The van der Waals surface area contributed by atoms with Gasteiger partial charge in [-0.25, -0.2) is 0 Å². The molecule has 0 aromatic carbocycles. The van der Waals surface area contributed by atoms with Crippen molar-refractivity contribution in [2.45, 2.75) is 43.4 Å². The standard InChI is InChI=1S/C15H22F3NO3S/c1-23-13-8-19(10-21-9-13)14(20)7-4-11-2-5-12(6-3-11)22-15(16,17)18/h4,7,11-13H,2-3,5-6,8-10H2,1H3/b7-4+. The van der Waals surface area contributed by atoms with Gasteiger partial charge in [-0.2, -0.15) is 11.8 Å². The number of ether oxygens (including phenoxy) is 2. The van der Waals surface area contributed by atoms with E-state index in [4.69, 9.17) is 4.74 Å². The van der Waals surface area contributed by atoms with Gasteiger partial charge in [0.05, 0.1) is 12.7 Å². The molecular formula is C15H22F3NO3S. The molecule has 0 bridgehead atoms. The van der Waals surface area contributed by atoms with Crippen LogP contribution in [0.5, 0.6) is 0 Å². The molecule has 2 aliphatic rings. The topological polar surface area (TPSA) is 38.8 Å². The van der Waals surface area contributed by atoms with Crippen molar-refractivity contribution in [2.75, 3.05) is 26.1 Å². The lowest BCUT2D eigenvalue weighted by atomic mass is 9.87. The summed E-state index contributed by atoms with van der Waals surface area (Å²) in [5.74, 6) is 0.0338. The molecule has 8 heteroatoms. The average Bonchev–Trinajstić information content (AvgIpc) is 2.52. The van der Waals surface area contributed by atoms with Crippen molar-refractivity contribution >= 4 is 17.7 Å². The van der Waals surface area contributed by atoms with Gasteiger partial charge >= 0.3 is 6.36 Å². The number of hydrogen-bond acceptors (Lipinski definition) is 4. The molecule has 1 atom stereocenters. The lowest BCUT2D eigenvalue weighted by Gasteiger charge is -2.31. The maximum atomic E-state index is 12.2. The second kappa shape index (κ2) is 8.39. The van der Waals surface area contributed by atoms with E-state index in [0.717, 1.165) is 0 Å². The summed E-state index contributed by atoms with van der Waals surface area (Å²) in [6.07, 6.45) is 1.95. The number of alkyl halides is 3. The first-order chi connectivity index (χ1) is 10.9. The third kappa shape index (κ3) is 6.35. The first-order valence-corrected chi connectivity index (χ1v) is 8.98. The van der Waals surface area contributed by atoms with Gasteiger partial charge in [-0.3, -0.25) is 9.53 Å². The van der Waals surface area contributed by atoms with E-state index in [2.05, 4.69) is 4.74 Å². The number of thioether (sulfide) groups is 1. The van der Waals surface area contributed by atoms with E-state index < -0.39 is 12.5 Å². The number of carbonyl (C=O) groups is 1. The third-order valence-electron chi connectivity index (χ3n) is 4.15. The Hall–Kier alpha value is -0.730. The third-order valence-corrected chi connectivity index (χ3v) is 5.10. The molecule has 1 saturated carbocycles. The van der Waals surface area contributed by atoms with E-state index in [9.17, 15) is 18.0 Å². The summed E-state index contributed by atoms with van der Waals surface area (Å²) in [7, 11) is 0. The summed E-state index contributed by atoms with van der Waals surface area (Å²) < 4.78 is 45.9. The molecule has 23 heavy (non-hydrogen) atoms. The number of rotatable bonds is 4. The Labute approximate surface area is 138 Å². The zero-order valence-corrected chi connectivity index (χ0v) is 13.9. The van der Waals surface area contributed by atoms with Gasteiger partial charge < -0.3 is 9.64 Å². The van der Waals surface area contributed by atoms with Crippen LogP contribution in [0, 0.1) is 5.92 Å². The summed E-state index contributed by atoms with van der Waals surface area (Å²) in [6, 6.07) is 0. The van der Waals surface area contributed by atoms with Crippen LogP contribution in [0.15, 0.2) is 12.2 Å². The molecule has 2 fully saturated rings. The second-order valence-electron chi connectivity index (χ2n) is 5.88. The highest BCUT2D eigenvalue weighted by Gasteiger charge is 2.35. The first kappa shape index (κ1) is 18.6. The minimum atomic E-state index is -4.56. The minimum absolute atomic E-state index is 0.0996. The smallest absolute Gasteiger partial charge is 0.360 e. The van der Waals surface area contributed by atoms with Crippen LogP contribution in [0.3, 0.4) is 0 Å². The summed E-state index contributed by atoms with van der Waals surface area (Å²) >= 11 is 1.67. The summed E-state index contributed by atoms with van der Waals surface area (Å²) in [4.78, 5) is 13.8. The van der Waals surface area contributed by atoms with Gasteiger partial charge in [0.25, 0.3) is 0 Å². The number of hydrogen-bond donors (Lipinski definition) is 0. The predicted octanol–water partition coefficient (Wildman–Crippen LogP) is 3.19. The van der Waals surface area contributed by atoms with Gasteiger partial charge in [0.1, 0.15) is 6.73 Å². The van der Waals surface area contributed by atoms with Crippen molar-refractivity contribution in [3.63, 3.8) is 0 Å². The van der Waals surface area contributed by atoms with Crippen LogP contribution in [-0.4, -0.2) is 54.7 Å². The molecule has 0 aromatic heterocycles. The molecule has 0 N–H and O–H groups in total. The number of allylic oxidation sites excluding steroid dienone is 1. The van der Waals surface area contributed by atoms with E-state index in [-0.39, 0.29) is 17.1 Å². The van der Waals surface area contributed by atoms with Crippen LogP contribution in [-0.2, 0) is 14.3 Å². The second-order valence-corrected chi connectivity index (χ2v) is 7.02. The number of nitrogens with zero attached hydrogens (tertiary/aromatic N) is 1. The zero-order valence-electron chi connectivity index (χ0n) is 13.1. The molecule has 1 saturated heterocycles. The quantitative estimate of drug-likeness (QED) is 0.728. The fourth-order valence-electron chi connectivity index (χ4n) is 2.85. The minimum Gasteiger partial charge on any atom is -0.360 e. The van der Waals surface area contributed by atoms with Crippen molar-refractivity contribution in [3.05, 3.63) is 12.2 Å². The Morgan fingerprint density at radius 1 is 1.30 bits per heavy atom. The van der Waals surface area contributed by atoms with Crippen molar-refractivity contribution in [1.29, 1.82) is 0 Å². The Bertz CT molecular complexity index is 423. The van der Waals surface area contributed by atoms with Crippen molar-refractivity contribution < 1.29 is 27.4 Å². The van der Waals surface area contributed by atoms with Gasteiger partial charge in [-0.1, -0.05) is 6.08 Å². The van der Waals surface area contributed by atoms with Crippen molar-refractivity contribution in [2.24, 2.45) is 5.92 Å². The van der Waals surface area contributed by atoms with Gasteiger partial charge in [0.2, 0.25) is 5.91 Å². The van der Waals surface area contributed by atoms with Gasteiger partial charge in [0.15, 0.2) is 0 Å². The molecule has 1 heterocycles. The van der Waals surface area contributed by atoms with E-state index in [1.807, 2.05) is 12.3 Å². The summed E-state index contributed by atoms with van der Waals surface area (Å²) in [5, 5.41) is 0.288. The van der Waals surface area contributed by atoms with E-state index in [1.165, 1.54) is 6.08 Å². The molecule has 4 nitrogen and oxygen atoms in total. The largest absolute Gasteiger partial charge is 0.522 e. The molecular weight excluding hydrogens is 331 g/mol. The Balaban J connectivity index is 1.75. The van der Waals surface area contributed by atoms with E-state index >= 15 is 0 Å². The number of amides is 1. The van der Waals surface area contributed by atoms with Gasteiger partial charge in [-0.05, 0) is 43.9 Å². The normalized spacial score (nSPS) is 29.9. The molecule has 2 rings (SSSR count). The highest BCUT2D eigenvalue weighted by Crippen LogP contribution is 2.31. The van der Waals surface area contributed by atoms with Crippen LogP contribution >= 0.6 is 11.8 Å². The lowest BCUT2D eigenvalue weighted by Crippen LogP contribution is -2.43. The molecule has 132 valence electrons. The number of carbonyl (C=O) groups excluding carboxylic acids is 1. The fraction of sp³-hybridized carbons (Fsp3) is 0.800. The zero-order chi connectivity index (χ0) is 16.9. The van der Waals surface area contributed by atoms with Crippen LogP contribution in [0.25, 0.3) is 0 Å². The monoisotopic (exact) mass is 353 g/mol. The first-order valence-electron chi connectivity index (χ1n) is 7.69. The van der Waals surface area contributed by atoms with Crippen LogP contribution in [0.2, 0.25) is 0 Å². The Morgan fingerprint density at radius 2 is 2.00 bits per heavy atom. The molecule has 0 spiro atoms. The fourth-order valence-corrected chi connectivity index (χ4v) is 3.41. The molecule has 1 aliphatic carbocycles. The Morgan fingerprint density at radius 3 is 2.61 bits per heavy atom. The summed E-state index contributed by atoms with van der Waals surface area (Å²) in [6.45, 7) is 1.61. The predicted molar refractivity (Wildman–Crippen MR) is 81.9 cm³/mol. The average molecular weight is 353 g/mol. The van der Waals surface area contributed by atoms with Crippen molar-refractivity contribution in [1.82, 2.24) is 4.90 Å². The van der Waals surface area contributed by atoms with Crippen LogP contribution in [0.1, 0.15) is 25.7 Å². The molecule has 1 amide bonds. The Kier molecular flexibility index (Phi) is 6.79. The van der Waals surface area contributed by atoms with Gasteiger partial charge in [0, 0.05) is 11.8 Å². The van der Waals surface area contributed by atoms with E-state index in [1.54, 1.807) is 16.7 Å². The molecule has 0 aromatic rings. The van der Waals surface area contributed by atoms with Crippen LogP contribution in [0.4, 0.5) is 13.2 Å². The maximum absolute atomic E-state index is 12.2. The maximum Gasteiger partial charge on any atom is 0.522 e. The molecule has 1 unspecified atom stereocenters. The molecule has 0 radical (unpaired) electrons. The molecule has 1 aliphatic heterocycles. The lowest BCUT2D eigenvalue weighted by molar-refractivity contribution is -0.345. The summed E-state index contributed by atoms with van der Waals surface area (Å²) in [5.41, 5.74) is 0. The van der Waals surface area contributed by atoms with Crippen LogP contribution < -0.4 is 0 Å². The van der Waals surface area contributed by atoms with Crippen molar-refractivity contribution in [3.8, 4) is 0 Å². The SMILES string of the molecule is CSC1COCN(C(=O)/C=C/C2CCC(OC(F)(F)F)CC2)C1. The highest BCUT2D eigenvalue weighted by atomic mass is 32.2. The number of halogens is 3.